The molecule has 0 bridgehead atoms. The second-order valence-electron chi connectivity index (χ2n) is 6.44. The molecule has 0 aliphatic carbocycles. The predicted octanol–water partition coefficient (Wildman–Crippen LogP) is 4.41. The second-order valence-corrected chi connectivity index (χ2v) is 7.24. The van der Waals surface area contributed by atoms with E-state index in [0.717, 1.165) is 28.0 Å². The van der Waals surface area contributed by atoms with Crippen LogP contribution in [0.4, 0.5) is 0 Å². The maximum atomic E-state index is 4.50. The van der Waals surface area contributed by atoms with Crippen molar-refractivity contribution < 1.29 is 0 Å². The largest absolute Gasteiger partial charge is 0.308 e. The molecule has 1 heterocycles. The highest BCUT2D eigenvalue weighted by molar-refractivity contribution is 9.10. The van der Waals surface area contributed by atoms with E-state index in [1.165, 1.54) is 11.1 Å². The summed E-state index contributed by atoms with van der Waals surface area (Å²) >= 11 is 3.59. The molecule has 0 spiro atoms. The quantitative estimate of drug-likeness (QED) is 0.893. The van der Waals surface area contributed by atoms with E-state index in [1.807, 2.05) is 12.4 Å². The molecular weight excluding hydrogens is 326 g/mol. The van der Waals surface area contributed by atoms with Crippen LogP contribution in [-0.4, -0.2) is 15.5 Å². The lowest BCUT2D eigenvalue weighted by Gasteiger charge is -2.20. The summed E-state index contributed by atoms with van der Waals surface area (Å²) < 4.78 is 1.15. The third-order valence-electron chi connectivity index (χ3n) is 3.22. The SMILES string of the molecule is Cc1cc(-c2ncc(CNC(C)(C)C)cn2)cc(C)c1Br. The Morgan fingerprint density at radius 3 is 2.05 bits per heavy atom. The summed E-state index contributed by atoms with van der Waals surface area (Å²) in [6.45, 7) is 11.4. The average Bonchev–Trinajstić information content (AvgIpc) is 2.42. The first kappa shape index (κ1) is 16.1. The van der Waals surface area contributed by atoms with Crippen LogP contribution in [0.5, 0.6) is 0 Å². The fourth-order valence-corrected chi connectivity index (χ4v) is 2.27. The Labute approximate surface area is 135 Å². The van der Waals surface area contributed by atoms with E-state index in [4.69, 9.17) is 0 Å². The lowest BCUT2D eigenvalue weighted by Crippen LogP contribution is -2.35. The summed E-state index contributed by atoms with van der Waals surface area (Å²) in [6.07, 6.45) is 3.79. The molecule has 2 rings (SSSR count). The molecule has 21 heavy (non-hydrogen) atoms. The van der Waals surface area contributed by atoms with Gasteiger partial charge in [0.15, 0.2) is 5.82 Å². The molecule has 0 radical (unpaired) electrons. The third-order valence-corrected chi connectivity index (χ3v) is 4.47. The molecule has 3 nitrogen and oxygen atoms in total. The first-order chi connectivity index (χ1) is 9.76. The lowest BCUT2D eigenvalue weighted by atomic mass is 10.1. The summed E-state index contributed by atoms with van der Waals surface area (Å²) in [5.41, 5.74) is 4.65. The average molecular weight is 348 g/mol. The number of aromatic nitrogens is 2. The number of halogens is 1. The Morgan fingerprint density at radius 1 is 1.05 bits per heavy atom. The number of nitrogens with zero attached hydrogens (tertiary/aromatic N) is 2. The minimum absolute atomic E-state index is 0.0958. The second kappa shape index (κ2) is 6.24. The summed E-state index contributed by atoms with van der Waals surface area (Å²) in [4.78, 5) is 8.99. The summed E-state index contributed by atoms with van der Waals surface area (Å²) in [5, 5.41) is 3.44. The zero-order valence-corrected chi connectivity index (χ0v) is 14.9. The van der Waals surface area contributed by atoms with Crippen LogP contribution in [0.25, 0.3) is 11.4 Å². The minimum atomic E-state index is 0.0958. The van der Waals surface area contributed by atoms with Gasteiger partial charge in [-0.05, 0) is 57.9 Å². The predicted molar refractivity (Wildman–Crippen MR) is 91.2 cm³/mol. The van der Waals surface area contributed by atoms with Crippen molar-refractivity contribution in [2.75, 3.05) is 0 Å². The molecule has 0 amide bonds. The van der Waals surface area contributed by atoms with Gasteiger partial charge in [-0.15, -0.1) is 0 Å². The molecule has 0 fully saturated rings. The third kappa shape index (κ3) is 4.35. The fourth-order valence-electron chi connectivity index (χ4n) is 2.04. The molecule has 2 aromatic rings. The monoisotopic (exact) mass is 347 g/mol. The summed E-state index contributed by atoms with van der Waals surface area (Å²) in [7, 11) is 0. The first-order valence-corrected chi connectivity index (χ1v) is 7.88. The van der Waals surface area contributed by atoms with Gasteiger partial charge in [0.05, 0.1) is 0 Å². The van der Waals surface area contributed by atoms with Gasteiger partial charge in [-0.25, -0.2) is 9.97 Å². The van der Waals surface area contributed by atoms with Crippen LogP contribution < -0.4 is 5.32 Å². The molecule has 0 unspecified atom stereocenters. The van der Waals surface area contributed by atoms with E-state index in [1.54, 1.807) is 0 Å². The zero-order valence-electron chi connectivity index (χ0n) is 13.3. The van der Waals surface area contributed by atoms with Crippen molar-refractivity contribution >= 4 is 15.9 Å². The Balaban J connectivity index is 2.19. The number of aryl methyl sites for hydroxylation is 2. The lowest BCUT2D eigenvalue weighted by molar-refractivity contribution is 0.423. The molecule has 0 atom stereocenters. The summed E-state index contributed by atoms with van der Waals surface area (Å²) in [5.74, 6) is 0.771. The van der Waals surface area contributed by atoms with Gasteiger partial charge in [-0.3, -0.25) is 0 Å². The standard InChI is InChI=1S/C17H22BrN3/c1-11-6-14(7-12(2)15(11)18)16-19-8-13(9-20-16)10-21-17(3,4)5/h6-9,21H,10H2,1-5H3. The molecule has 1 aromatic carbocycles. The van der Waals surface area contributed by atoms with Crippen LogP contribution in [0.2, 0.25) is 0 Å². The first-order valence-electron chi connectivity index (χ1n) is 7.09. The van der Waals surface area contributed by atoms with Crippen molar-refractivity contribution in [1.82, 2.24) is 15.3 Å². The molecule has 0 saturated heterocycles. The van der Waals surface area contributed by atoms with Crippen molar-refractivity contribution in [3.63, 3.8) is 0 Å². The molecule has 0 aliphatic heterocycles. The van der Waals surface area contributed by atoms with Crippen LogP contribution in [0.3, 0.4) is 0 Å². The number of rotatable bonds is 3. The molecule has 4 heteroatoms. The number of nitrogens with one attached hydrogen (secondary N) is 1. The van der Waals surface area contributed by atoms with Crippen molar-refractivity contribution in [2.45, 2.75) is 46.7 Å². The van der Waals surface area contributed by atoms with Gasteiger partial charge in [0, 0.05) is 40.1 Å². The highest BCUT2D eigenvalue weighted by Gasteiger charge is 2.10. The summed E-state index contributed by atoms with van der Waals surface area (Å²) in [6, 6.07) is 4.22. The highest BCUT2D eigenvalue weighted by Crippen LogP contribution is 2.26. The van der Waals surface area contributed by atoms with Crippen molar-refractivity contribution in [3.05, 3.63) is 45.7 Å². The molecule has 1 N–H and O–H groups in total. The van der Waals surface area contributed by atoms with E-state index >= 15 is 0 Å². The van der Waals surface area contributed by atoms with Crippen molar-refractivity contribution in [2.24, 2.45) is 0 Å². The van der Waals surface area contributed by atoms with E-state index in [-0.39, 0.29) is 5.54 Å². The Kier molecular flexibility index (Phi) is 4.79. The van der Waals surface area contributed by atoms with E-state index in [9.17, 15) is 0 Å². The highest BCUT2D eigenvalue weighted by atomic mass is 79.9. The molecule has 112 valence electrons. The topological polar surface area (TPSA) is 37.8 Å². The van der Waals surface area contributed by atoms with Crippen molar-refractivity contribution in [1.29, 1.82) is 0 Å². The van der Waals surface area contributed by atoms with Gasteiger partial charge >= 0.3 is 0 Å². The van der Waals surface area contributed by atoms with Gasteiger partial charge in [-0.1, -0.05) is 15.9 Å². The Morgan fingerprint density at radius 2 is 1.57 bits per heavy atom. The number of hydrogen-bond acceptors (Lipinski definition) is 3. The molecule has 1 aromatic heterocycles. The Hall–Kier alpha value is -1.26. The van der Waals surface area contributed by atoms with Gasteiger partial charge in [0.25, 0.3) is 0 Å². The normalized spacial score (nSPS) is 11.7. The minimum Gasteiger partial charge on any atom is -0.308 e. The fraction of sp³-hybridized carbons (Fsp3) is 0.412. The number of hydrogen-bond donors (Lipinski definition) is 1. The van der Waals surface area contributed by atoms with Gasteiger partial charge in [-0.2, -0.15) is 0 Å². The van der Waals surface area contributed by atoms with E-state index in [0.29, 0.717) is 0 Å². The van der Waals surface area contributed by atoms with Gasteiger partial charge < -0.3 is 5.32 Å². The van der Waals surface area contributed by atoms with E-state index < -0.39 is 0 Å². The van der Waals surface area contributed by atoms with Crippen LogP contribution in [0.15, 0.2) is 29.0 Å². The molecule has 0 aliphatic rings. The van der Waals surface area contributed by atoms with Crippen LogP contribution >= 0.6 is 15.9 Å². The zero-order chi connectivity index (χ0) is 15.6. The van der Waals surface area contributed by atoms with Crippen LogP contribution in [-0.2, 0) is 6.54 Å². The molecule has 0 saturated carbocycles. The maximum absolute atomic E-state index is 4.50. The van der Waals surface area contributed by atoms with Gasteiger partial charge in [0.1, 0.15) is 0 Å². The molecular formula is C17H22BrN3. The van der Waals surface area contributed by atoms with E-state index in [2.05, 4.69) is 78.0 Å². The maximum Gasteiger partial charge on any atom is 0.159 e. The Bertz CT molecular complexity index is 604. The van der Waals surface area contributed by atoms with Crippen LogP contribution in [0.1, 0.15) is 37.5 Å². The van der Waals surface area contributed by atoms with Crippen molar-refractivity contribution in [3.8, 4) is 11.4 Å². The number of benzene rings is 1. The van der Waals surface area contributed by atoms with Crippen LogP contribution in [0, 0.1) is 13.8 Å². The van der Waals surface area contributed by atoms with Gasteiger partial charge in [0.2, 0.25) is 0 Å². The smallest absolute Gasteiger partial charge is 0.159 e.